The van der Waals surface area contributed by atoms with Crippen LogP contribution in [0.4, 0.5) is 8.78 Å². The second-order valence-electron chi connectivity index (χ2n) is 5.82. The number of imidazole rings is 1. The monoisotopic (exact) mass is 403 g/mol. The zero-order chi connectivity index (χ0) is 19.0. The van der Waals surface area contributed by atoms with Gasteiger partial charge in [0.05, 0.1) is 17.0 Å². The van der Waals surface area contributed by atoms with Crippen molar-refractivity contribution in [2.24, 2.45) is 0 Å². The molecule has 1 amide bonds. The van der Waals surface area contributed by atoms with E-state index in [2.05, 4.69) is 10.3 Å². The largest absolute Gasteiger partial charge is 0.347 e. The van der Waals surface area contributed by atoms with Crippen LogP contribution in [-0.4, -0.2) is 15.5 Å². The van der Waals surface area contributed by atoms with Gasteiger partial charge in [-0.05, 0) is 35.9 Å². The summed E-state index contributed by atoms with van der Waals surface area (Å²) in [4.78, 5) is 16.6. The van der Waals surface area contributed by atoms with Gasteiger partial charge in [-0.25, -0.2) is 13.8 Å². The lowest BCUT2D eigenvalue weighted by Gasteiger charge is -2.08. The first-order valence-electron chi connectivity index (χ1n) is 7.95. The highest BCUT2D eigenvalue weighted by molar-refractivity contribution is 7.21. The van der Waals surface area contributed by atoms with Gasteiger partial charge in [0.2, 0.25) is 0 Å². The summed E-state index contributed by atoms with van der Waals surface area (Å²) in [6.45, 7) is 0.138. The van der Waals surface area contributed by atoms with E-state index in [1.807, 2.05) is 0 Å². The molecule has 2 aromatic heterocycles. The van der Waals surface area contributed by atoms with E-state index in [0.717, 1.165) is 11.3 Å². The number of amides is 1. The molecular weight excluding hydrogens is 392 g/mol. The number of carbonyl (C=O) groups is 1. The zero-order valence-corrected chi connectivity index (χ0v) is 15.3. The molecule has 0 aliphatic rings. The number of thiophene rings is 1. The molecule has 0 spiro atoms. The van der Waals surface area contributed by atoms with Crippen LogP contribution in [0.15, 0.2) is 55.1 Å². The highest BCUT2D eigenvalue weighted by Crippen LogP contribution is 2.35. The quantitative estimate of drug-likeness (QED) is 0.524. The fraction of sp³-hybridized carbons (Fsp3) is 0.0526. The molecule has 136 valence electrons. The van der Waals surface area contributed by atoms with Crippen LogP contribution in [0.25, 0.3) is 15.8 Å². The first kappa shape index (κ1) is 17.6. The Morgan fingerprint density at radius 1 is 1.22 bits per heavy atom. The third-order valence-corrected chi connectivity index (χ3v) is 5.70. The maximum atomic E-state index is 14.3. The Morgan fingerprint density at radius 2 is 2.07 bits per heavy atom. The highest BCUT2D eigenvalue weighted by atomic mass is 35.5. The van der Waals surface area contributed by atoms with Crippen molar-refractivity contribution in [1.29, 1.82) is 0 Å². The summed E-state index contributed by atoms with van der Waals surface area (Å²) in [5.74, 6) is -1.20. The number of fused-ring (bicyclic) bond motifs is 1. The molecule has 0 bridgehead atoms. The molecule has 4 nitrogen and oxygen atoms in total. The van der Waals surface area contributed by atoms with E-state index in [1.54, 1.807) is 35.2 Å². The van der Waals surface area contributed by atoms with E-state index in [-0.39, 0.29) is 23.3 Å². The average molecular weight is 404 g/mol. The van der Waals surface area contributed by atoms with Crippen molar-refractivity contribution < 1.29 is 13.6 Å². The van der Waals surface area contributed by atoms with Gasteiger partial charge in [0, 0.05) is 29.0 Å². The van der Waals surface area contributed by atoms with Gasteiger partial charge in [0.25, 0.3) is 5.91 Å². The Kier molecular flexibility index (Phi) is 4.63. The van der Waals surface area contributed by atoms with Gasteiger partial charge in [0.1, 0.15) is 16.5 Å². The van der Waals surface area contributed by atoms with Gasteiger partial charge < -0.3 is 9.88 Å². The number of nitrogens with one attached hydrogen (secondary N) is 1. The number of nitrogens with zero attached hydrogens (tertiary/aromatic N) is 2. The van der Waals surface area contributed by atoms with E-state index < -0.39 is 5.82 Å². The van der Waals surface area contributed by atoms with Crippen molar-refractivity contribution in [2.45, 2.75) is 6.54 Å². The van der Waals surface area contributed by atoms with Crippen molar-refractivity contribution in [2.75, 3.05) is 0 Å². The molecule has 2 heterocycles. The predicted molar refractivity (Wildman–Crippen MR) is 101 cm³/mol. The lowest BCUT2D eigenvalue weighted by atomic mass is 10.2. The maximum Gasteiger partial charge on any atom is 0.263 e. The van der Waals surface area contributed by atoms with Crippen molar-refractivity contribution in [3.63, 3.8) is 0 Å². The van der Waals surface area contributed by atoms with E-state index in [9.17, 15) is 13.6 Å². The first-order chi connectivity index (χ1) is 13.0. The number of aromatic nitrogens is 2. The summed E-state index contributed by atoms with van der Waals surface area (Å²) in [6.07, 6.45) is 4.71. The number of halogens is 3. The lowest BCUT2D eigenvalue weighted by Crippen LogP contribution is -2.22. The summed E-state index contributed by atoms with van der Waals surface area (Å²) in [5.41, 5.74) is 0.977. The molecule has 0 fully saturated rings. The molecule has 0 radical (unpaired) electrons. The molecule has 0 aliphatic heterocycles. The highest BCUT2D eigenvalue weighted by Gasteiger charge is 2.17. The van der Waals surface area contributed by atoms with Gasteiger partial charge in [-0.1, -0.05) is 17.7 Å². The molecule has 8 heteroatoms. The molecule has 0 atom stereocenters. The minimum Gasteiger partial charge on any atom is -0.347 e. The minimum absolute atomic E-state index is 0.138. The standard InChI is InChI=1S/C19H12ClF2N3OS/c20-17-13-3-2-12(21)8-16(13)27-18(17)19(26)24-9-11-1-4-15(14(22)7-11)25-6-5-23-10-25/h1-8,10H,9H2,(H,24,26). The van der Waals surface area contributed by atoms with Crippen molar-refractivity contribution in [3.8, 4) is 5.69 Å². The Balaban J connectivity index is 1.51. The van der Waals surface area contributed by atoms with Crippen LogP contribution in [0.1, 0.15) is 15.2 Å². The van der Waals surface area contributed by atoms with Gasteiger partial charge >= 0.3 is 0 Å². The zero-order valence-electron chi connectivity index (χ0n) is 13.7. The van der Waals surface area contributed by atoms with Crippen molar-refractivity contribution in [1.82, 2.24) is 14.9 Å². The number of hydrogen-bond donors (Lipinski definition) is 1. The van der Waals surface area contributed by atoms with Crippen LogP contribution < -0.4 is 5.32 Å². The lowest BCUT2D eigenvalue weighted by molar-refractivity contribution is 0.0955. The maximum absolute atomic E-state index is 14.3. The van der Waals surface area contributed by atoms with Gasteiger partial charge in [0.15, 0.2) is 0 Å². The van der Waals surface area contributed by atoms with Gasteiger partial charge in [-0.15, -0.1) is 11.3 Å². The van der Waals surface area contributed by atoms with Crippen molar-refractivity contribution >= 4 is 38.9 Å². The molecular formula is C19H12ClF2N3OS. The van der Waals surface area contributed by atoms with Gasteiger partial charge in [-0.3, -0.25) is 4.79 Å². The predicted octanol–water partition coefficient (Wildman–Crippen LogP) is 4.95. The summed E-state index contributed by atoms with van der Waals surface area (Å²) in [6, 6.07) is 8.89. The molecule has 4 rings (SSSR count). The Morgan fingerprint density at radius 3 is 2.81 bits per heavy atom. The van der Waals surface area contributed by atoms with E-state index in [0.29, 0.717) is 26.2 Å². The first-order valence-corrected chi connectivity index (χ1v) is 9.15. The molecule has 2 aromatic carbocycles. The van der Waals surface area contributed by atoms with E-state index in [1.165, 1.54) is 24.5 Å². The number of carbonyl (C=O) groups excluding carboxylic acids is 1. The second-order valence-corrected chi connectivity index (χ2v) is 7.25. The third-order valence-electron chi connectivity index (χ3n) is 4.05. The molecule has 1 N–H and O–H groups in total. The molecule has 4 aromatic rings. The average Bonchev–Trinajstić information content (AvgIpc) is 3.28. The number of rotatable bonds is 4. The molecule has 0 unspecified atom stereocenters. The van der Waals surface area contributed by atoms with E-state index in [4.69, 9.17) is 11.6 Å². The third kappa shape index (κ3) is 3.43. The minimum atomic E-state index is -0.421. The van der Waals surface area contributed by atoms with Crippen LogP contribution in [0.2, 0.25) is 5.02 Å². The van der Waals surface area contributed by atoms with Crippen LogP contribution in [0.5, 0.6) is 0 Å². The molecule has 0 aliphatic carbocycles. The molecule has 27 heavy (non-hydrogen) atoms. The molecule has 0 saturated heterocycles. The SMILES string of the molecule is O=C(NCc1ccc(-n2ccnc2)c(F)c1)c1sc2cc(F)ccc2c1Cl. The fourth-order valence-corrected chi connectivity index (χ4v) is 4.18. The smallest absolute Gasteiger partial charge is 0.263 e. The summed E-state index contributed by atoms with van der Waals surface area (Å²) in [7, 11) is 0. The Bertz CT molecular complexity index is 1140. The van der Waals surface area contributed by atoms with Crippen LogP contribution in [0.3, 0.4) is 0 Å². The van der Waals surface area contributed by atoms with Crippen molar-refractivity contribution in [3.05, 3.63) is 82.2 Å². The van der Waals surface area contributed by atoms with Crippen LogP contribution >= 0.6 is 22.9 Å². The van der Waals surface area contributed by atoms with Gasteiger partial charge in [-0.2, -0.15) is 0 Å². The summed E-state index contributed by atoms with van der Waals surface area (Å²) >= 11 is 7.36. The number of hydrogen-bond acceptors (Lipinski definition) is 3. The summed E-state index contributed by atoms with van der Waals surface area (Å²) in [5, 5.41) is 3.64. The molecule has 0 saturated carbocycles. The second kappa shape index (κ2) is 7.09. The Hall–Kier alpha value is -2.77. The van der Waals surface area contributed by atoms with Crippen LogP contribution in [-0.2, 0) is 6.54 Å². The normalized spacial score (nSPS) is 11.1. The van der Waals surface area contributed by atoms with E-state index >= 15 is 0 Å². The number of benzene rings is 2. The van der Waals surface area contributed by atoms with Crippen LogP contribution in [0, 0.1) is 11.6 Å². The Labute approximate surface area is 162 Å². The fourth-order valence-electron chi connectivity index (χ4n) is 2.72. The topological polar surface area (TPSA) is 46.9 Å². The summed E-state index contributed by atoms with van der Waals surface area (Å²) < 4.78 is 29.8.